The molecule has 0 aliphatic rings. The molecule has 38 heavy (non-hydrogen) atoms. The highest BCUT2D eigenvalue weighted by Crippen LogP contribution is 2.15. The van der Waals surface area contributed by atoms with E-state index in [1.54, 1.807) is 36.4 Å². The first-order valence-corrected chi connectivity index (χ1v) is 13.5. The van der Waals surface area contributed by atoms with Crippen LogP contribution >= 0.6 is 0 Å². The minimum absolute atomic E-state index is 0.0527. The van der Waals surface area contributed by atoms with Gasteiger partial charge in [-0.25, -0.2) is 4.79 Å². The summed E-state index contributed by atoms with van der Waals surface area (Å²) in [5.41, 5.74) is 7.25. The molecule has 2 aromatic carbocycles. The van der Waals surface area contributed by atoms with Crippen molar-refractivity contribution in [3.8, 4) is 0 Å². The van der Waals surface area contributed by atoms with Crippen molar-refractivity contribution in [2.45, 2.75) is 73.1 Å². The number of anilines is 1. The second-order valence-electron chi connectivity index (χ2n) is 10.0. The minimum atomic E-state index is -0.517. The smallest absolute Gasteiger partial charge is 0.411 e. The van der Waals surface area contributed by atoms with Gasteiger partial charge in [0.1, 0.15) is 6.61 Å². The zero-order valence-corrected chi connectivity index (χ0v) is 23.7. The largest absolute Gasteiger partial charge is 0.445 e. The lowest BCUT2D eigenvalue weighted by Crippen LogP contribution is -2.14. The van der Waals surface area contributed by atoms with Crippen molar-refractivity contribution in [1.82, 2.24) is 0 Å². The molecule has 1 amide bonds. The molecule has 1 N–H and O–H groups in total. The van der Waals surface area contributed by atoms with Gasteiger partial charge in [-0.3, -0.25) is 10.1 Å². The molecule has 0 bridgehead atoms. The summed E-state index contributed by atoms with van der Waals surface area (Å²) in [7, 11) is 0. The number of amides is 1. The van der Waals surface area contributed by atoms with Crippen molar-refractivity contribution >= 4 is 17.6 Å². The lowest BCUT2D eigenvalue weighted by Gasteiger charge is -2.07. The molecule has 4 nitrogen and oxygen atoms in total. The lowest BCUT2D eigenvalue weighted by molar-refractivity contribution is 0.103. The molecule has 0 saturated carbocycles. The van der Waals surface area contributed by atoms with Gasteiger partial charge in [-0.05, 0) is 103 Å². The summed E-state index contributed by atoms with van der Waals surface area (Å²) < 4.78 is 5.29. The van der Waals surface area contributed by atoms with Crippen LogP contribution < -0.4 is 5.32 Å². The summed E-state index contributed by atoms with van der Waals surface area (Å²) >= 11 is 0. The standard InChI is InChI=1S/C34H43NO3/c1-26(2)12-9-13-27(3)14-10-15-28(4)16-11-17-29(5)24-25-38-34(37)35-32-22-20-31(21-23-32)33(36)30-18-7-6-8-19-30/h6-8,12,14,16,18-24H,9-11,13,15,17,25H2,1-5H3,(H,35,37)/b27-14+,28-16+,29-24+. The Kier molecular flexibility index (Phi) is 13.6. The Hall–Kier alpha value is -3.66. The fraction of sp³-hybridized carbons (Fsp3) is 0.353. The lowest BCUT2D eigenvalue weighted by atomic mass is 10.0. The van der Waals surface area contributed by atoms with Gasteiger partial charge in [0.15, 0.2) is 5.78 Å². The van der Waals surface area contributed by atoms with Gasteiger partial charge in [-0.15, -0.1) is 0 Å². The van der Waals surface area contributed by atoms with Crippen molar-refractivity contribution in [3.05, 3.63) is 112 Å². The third-order valence-electron chi connectivity index (χ3n) is 6.23. The number of allylic oxidation sites excluding steroid dienone is 7. The molecule has 0 unspecified atom stereocenters. The molecule has 0 heterocycles. The van der Waals surface area contributed by atoms with Gasteiger partial charge in [-0.1, -0.05) is 70.9 Å². The second-order valence-corrected chi connectivity index (χ2v) is 10.0. The first-order chi connectivity index (χ1) is 18.2. The van der Waals surface area contributed by atoms with Crippen LogP contribution in [0.4, 0.5) is 10.5 Å². The zero-order valence-electron chi connectivity index (χ0n) is 23.7. The molecule has 2 aromatic rings. The number of nitrogens with one attached hydrogen (secondary N) is 1. The fourth-order valence-corrected chi connectivity index (χ4v) is 3.86. The Morgan fingerprint density at radius 3 is 1.71 bits per heavy atom. The van der Waals surface area contributed by atoms with Gasteiger partial charge in [0, 0.05) is 16.8 Å². The summed E-state index contributed by atoms with van der Waals surface area (Å²) in [5.74, 6) is -0.0527. The number of hydrogen-bond acceptors (Lipinski definition) is 3. The first-order valence-electron chi connectivity index (χ1n) is 13.5. The van der Waals surface area contributed by atoms with E-state index in [4.69, 9.17) is 4.74 Å². The molecule has 0 aliphatic carbocycles. The minimum Gasteiger partial charge on any atom is -0.445 e. The molecule has 0 aliphatic heterocycles. The summed E-state index contributed by atoms with van der Waals surface area (Å²) in [6.07, 6.45) is 14.8. The Bertz CT molecular complexity index is 1150. The Labute approximate surface area is 229 Å². The number of rotatable bonds is 14. The van der Waals surface area contributed by atoms with Gasteiger partial charge in [0.2, 0.25) is 0 Å². The highest BCUT2D eigenvalue weighted by molar-refractivity contribution is 6.09. The van der Waals surface area contributed by atoms with Gasteiger partial charge < -0.3 is 4.74 Å². The number of carbonyl (C=O) groups is 2. The van der Waals surface area contributed by atoms with Gasteiger partial charge in [0.05, 0.1) is 0 Å². The molecule has 0 aromatic heterocycles. The molecule has 4 heteroatoms. The summed E-state index contributed by atoms with van der Waals surface area (Å²) in [6, 6.07) is 15.9. The predicted octanol–water partition coefficient (Wildman–Crippen LogP) is 9.61. The van der Waals surface area contributed by atoms with E-state index in [2.05, 4.69) is 58.2 Å². The molecular formula is C34H43NO3. The highest BCUT2D eigenvalue weighted by Gasteiger charge is 2.09. The maximum absolute atomic E-state index is 12.5. The van der Waals surface area contributed by atoms with Crippen molar-refractivity contribution in [3.63, 3.8) is 0 Å². The van der Waals surface area contributed by atoms with Crippen LogP contribution in [0.25, 0.3) is 0 Å². The first kappa shape index (κ1) is 30.6. The number of ether oxygens (including phenoxy) is 1. The van der Waals surface area contributed by atoms with Crippen molar-refractivity contribution in [2.24, 2.45) is 0 Å². The summed E-state index contributed by atoms with van der Waals surface area (Å²) in [5, 5.41) is 2.70. The topological polar surface area (TPSA) is 55.4 Å². The average Bonchev–Trinajstić information content (AvgIpc) is 2.89. The summed E-state index contributed by atoms with van der Waals surface area (Å²) in [6.45, 7) is 11.0. The molecule has 0 fully saturated rings. The average molecular weight is 514 g/mol. The molecule has 0 saturated heterocycles. The third-order valence-corrected chi connectivity index (χ3v) is 6.23. The van der Waals surface area contributed by atoms with E-state index in [0.29, 0.717) is 16.8 Å². The van der Waals surface area contributed by atoms with Crippen molar-refractivity contribution in [2.75, 3.05) is 11.9 Å². The zero-order chi connectivity index (χ0) is 27.8. The molecule has 0 atom stereocenters. The van der Waals surface area contributed by atoms with Crippen LogP contribution in [0.15, 0.2) is 101 Å². The van der Waals surface area contributed by atoms with Crippen molar-refractivity contribution < 1.29 is 14.3 Å². The monoisotopic (exact) mass is 513 g/mol. The third kappa shape index (κ3) is 12.5. The van der Waals surface area contributed by atoms with Gasteiger partial charge in [0.25, 0.3) is 0 Å². The molecule has 0 spiro atoms. The van der Waals surface area contributed by atoms with Crippen molar-refractivity contribution in [1.29, 1.82) is 0 Å². The van der Waals surface area contributed by atoms with E-state index in [1.807, 2.05) is 24.3 Å². The van der Waals surface area contributed by atoms with Gasteiger partial charge in [-0.2, -0.15) is 0 Å². The predicted molar refractivity (Wildman–Crippen MR) is 160 cm³/mol. The van der Waals surface area contributed by atoms with E-state index >= 15 is 0 Å². The van der Waals surface area contributed by atoms with Crippen LogP contribution in [0, 0.1) is 0 Å². The number of carbonyl (C=O) groups excluding carboxylic acids is 2. The molecular weight excluding hydrogens is 470 g/mol. The summed E-state index contributed by atoms with van der Waals surface area (Å²) in [4.78, 5) is 24.6. The number of benzene rings is 2. The van der Waals surface area contributed by atoms with Crippen LogP contribution in [0.2, 0.25) is 0 Å². The molecule has 202 valence electrons. The maximum atomic E-state index is 12.5. The van der Waals surface area contributed by atoms with E-state index in [1.165, 1.54) is 22.3 Å². The van der Waals surface area contributed by atoms with E-state index in [0.717, 1.165) is 38.5 Å². The molecule has 0 radical (unpaired) electrons. The number of hydrogen-bond donors (Lipinski definition) is 1. The highest BCUT2D eigenvalue weighted by atomic mass is 16.5. The fourth-order valence-electron chi connectivity index (χ4n) is 3.86. The maximum Gasteiger partial charge on any atom is 0.411 e. The number of ketones is 1. The van der Waals surface area contributed by atoms with Crippen LogP contribution in [-0.4, -0.2) is 18.5 Å². The Morgan fingerprint density at radius 2 is 1.16 bits per heavy atom. The van der Waals surface area contributed by atoms with E-state index in [-0.39, 0.29) is 12.4 Å². The van der Waals surface area contributed by atoms with Crippen LogP contribution in [0.1, 0.15) is 89.1 Å². The second kappa shape index (κ2) is 17.0. The van der Waals surface area contributed by atoms with Crippen LogP contribution in [0.3, 0.4) is 0 Å². The SMILES string of the molecule is CC(C)=CCC/C(C)=C/CC/C(C)=C/CC/C(C)=C/COC(=O)Nc1ccc(C(=O)c2ccccc2)cc1. The van der Waals surface area contributed by atoms with Crippen LogP contribution in [0.5, 0.6) is 0 Å². The van der Waals surface area contributed by atoms with Gasteiger partial charge >= 0.3 is 6.09 Å². The van der Waals surface area contributed by atoms with E-state index < -0.39 is 6.09 Å². The Morgan fingerprint density at radius 1 is 0.658 bits per heavy atom. The molecule has 2 rings (SSSR count). The Balaban J connectivity index is 1.66. The van der Waals surface area contributed by atoms with E-state index in [9.17, 15) is 9.59 Å². The quantitative estimate of drug-likeness (QED) is 0.202. The van der Waals surface area contributed by atoms with Crippen LogP contribution in [-0.2, 0) is 4.74 Å². The normalized spacial score (nSPS) is 12.2.